The van der Waals surface area contributed by atoms with Crippen molar-refractivity contribution in [1.29, 1.82) is 0 Å². The number of hydrogen-bond acceptors (Lipinski definition) is 4. The molecule has 142 valence electrons. The molecule has 1 N–H and O–H groups in total. The van der Waals surface area contributed by atoms with Crippen LogP contribution in [0.2, 0.25) is 0 Å². The predicted molar refractivity (Wildman–Crippen MR) is 96.5 cm³/mol. The Balaban J connectivity index is 1.22. The summed E-state index contributed by atoms with van der Waals surface area (Å²) in [5, 5.41) is 7.48. The second-order valence-electron chi connectivity index (χ2n) is 8.16. The number of rotatable bonds is 4. The lowest BCUT2D eigenvalue weighted by molar-refractivity contribution is -0.134. The minimum absolute atomic E-state index is 0.147. The maximum absolute atomic E-state index is 12.6. The lowest BCUT2D eigenvalue weighted by Gasteiger charge is -2.34. The van der Waals surface area contributed by atoms with Crippen molar-refractivity contribution in [2.75, 3.05) is 26.2 Å². The standard InChI is InChI=1S/C19H29N5O2/c1-13(25)23-8-4-14(5-9-23)12-17(26)24-10-6-16(7-11-24)19-20-18(21-22-19)15-2-3-15/h14-16H,2-12H2,1H3,(H,20,21,22). The molecular weight excluding hydrogens is 330 g/mol. The molecule has 0 spiro atoms. The minimum Gasteiger partial charge on any atom is -0.343 e. The van der Waals surface area contributed by atoms with E-state index in [2.05, 4.69) is 15.2 Å². The molecule has 7 heteroatoms. The van der Waals surface area contributed by atoms with Crippen molar-refractivity contribution in [2.24, 2.45) is 5.92 Å². The van der Waals surface area contributed by atoms with Crippen molar-refractivity contribution in [3.8, 4) is 0 Å². The molecule has 0 atom stereocenters. The summed E-state index contributed by atoms with van der Waals surface area (Å²) in [6, 6.07) is 0. The molecule has 1 aliphatic carbocycles. The molecule has 2 aliphatic heterocycles. The fourth-order valence-corrected chi connectivity index (χ4v) is 4.22. The number of carbonyl (C=O) groups is 2. The molecule has 0 aromatic carbocycles. The van der Waals surface area contributed by atoms with Gasteiger partial charge in [0.1, 0.15) is 5.82 Å². The SMILES string of the molecule is CC(=O)N1CCC(CC(=O)N2CCC(c3nc(C4CC4)n[nH]3)CC2)CC1. The number of amides is 2. The number of hydrogen-bond donors (Lipinski definition) is 1. The Labute approximate surface area is 154 Å². The number of nitrogens with zero attached hydrogens (tertiary/aromatic N) is 4. The predicted octanol–water partition coefficient (Wildman–Crippen LogP) is 2.04. The van der Waals surface area contributed by atoms with E-state index < -0.39 is 0 Å². The Bertz CT molecular complexity index is 653. The van der Waals surface area contributed by atoms with Crippen molar-refractivity contribution in [3.63, 3.8) is 0 Å². The van der Waals surface area contributed by atoms with Gasteiger partial charge in [0.15, 0.2) is 5.82 Å². The van der Waals surface area contributed by atoms with Crippen LogP contribution in [0.3, 0.4) is 0 Å². The van der Waals surface area contributed by atoms with Gasteiger partial charge in [-0.2, -0.15) is 5.10 Å². The third-order valence-electron chi connectivity index (χ3n) is 6.22. The molecule has 1 saturated carbocycles. The first-order chi connectivity index (χ1) is 12.6. The van der Waals surface area contributed by atoms with Crippen molar-refractivity contribution in [3.05, 3.63) is 11.6 Å². The molecule has 0 bridgehead atoms. The molecule has 26 heavy (non-hydrogen) atoms. The van der Waals surface area contributed by atoms with E-state index in [9.17, 15) is 9.59 Å². The average Bonchev–Trinajstić information content (AvgIpc) is 3.39. The van der Waals surface area contributed by atoms with E-state index in [0.29, 0.717) is 24.2 Å². The Morgan fingerprint density at radius 3 is 2.23 bits per heavy atom. The van der Waals surface area contributed by atoms with Gasteiger partial charge in [-0.05, 0) is 44.4 Å². The summed E-state index contributed by atoms with van der Waals surface area (Å²) in [6.07, 6.45) is 6.89. The van der Waals surface area contributed by atoms with Gasteiger partial charge in [0, 0.05) is 51.4 Å². The van der Waals surface area contributed by atoms with Crippen molar-refractivity contribution >= 4 is 11.8 Å². The van der Waals surface area contributed by atoms with Crippen molar-refractivity contribution < 1.29 is 9.59 Å². The monoisotopic (exact) mass is 359 g/mol. The van der Waals surface area contributed by atoms with Crippen LogP contribution in [-0.4, -0.2) is 63.0 Å². The molecule has 1 aromatic rings. The fourth-order valence-electron chi connectivity index (χ4n) is 4.22. The Morgan fingerprint density at radius 2 is 1.62 bits per heavy atom. The van der Waals surface area contributed by atoms with Crippen molar-refractivity contribution in [1.82, 2.24) is 25.0 Å². The van der Waals surface area contributed by atoms with Crippen LogP contribution in [0.4, 0.5) is 0 Å². The molecule has 2 saturated heterocycles. The van der Waals surface area contributed by atoms with Crippen LogP contribution in [0, 0.1) is 5.92 Å². The normalized spacial score (nSPS) is 22.7. The number of carbonyl (C=O) groups excluding carboxylic acids is 2. The van der Waals surface area contributed by atoms with Gasteiger partial charge in [0.2, 0.25) is 11.8 Å². The quantitative estimate of drug-likeness (QED) is 0.892. The summed E-state index contributed by atoms with van der Waals surface area (Å²) in [5.74, 6) is 3.82. The maximum Gasteiger partial charge on any atom is 0.222 e. The number of aromatic amines is 1. The molecule has 2 amide bonds. The summed E-state index contributed by atoms with van der Waals surface area (Å²) in [6.45, 7) is 4.84. The first-order valence-corrected chi connectivity index (χ1v) is 10.1. The van der Waals surface area contributed by atoms with E-state index in [1.54, 1.807) is 6.92 Å². The van der Waals surface area contributed by atoms with Gasteiger partial charge < -0.3 is 9.80 Å². The van der Waals surface area contributed by atoms with Gasteiger partial charge in [-0.15, -0.1) is 0 Å². The molecule has 0 radical (unpaired) electrons. The van der Waals surface area contributed by atoms with Crippen LogP contribution in [0.1, 0.15) is 75.4 Å². The van der Waals surface area contributed by atoms with E-state index in [-0.39, 0.29) is 11.8 Å². The largest absolute Gasteiger partial charge is 0.343 e. The van der Waals surface area contributed by atoms with Crippen LogP contribution < -0.4 is 0 Å². The molecule has 3 fully saturated rings. The smallest absolute Gasteiger partial charge is 0.222 e. The third-order valence-corrected chi connectivity index (χ3v) is 6.22. The molecule has 0 unspecified atom stereocenters. The lowest BCUT2D eigenvalue weighted by Crippen LogP contribution is -2.41. The zero-order valence-corrected chi connectivity index (χ0v) is 15.6. The average molecular weight is 359 g/mol. The van der Waals surface area contributed by atoms with Gasteiger partial charge >= 0.3 is 0 Å². The first kappa shape index (κ1) is 17.5. The second-order valence-corrected chi connectivity index (χ2v) is 8.16. The van der Waals surface area contributed by atoms with Crippen LogP contribution in [0.15, 0.2) is 0 Å². The minimum atomic E-state index is 0.147. The van der Waals surface area contributed by atoms with Gasteiger partial charge in [-0.1, -0.05) is 0 Å². The summed E-state index contributed by atoms with van der Waals surface area (Å²) < 4.78 is 0. The van der Waals surface area contributed by atoms with Crippen LogP contribution in [-0.2, 0) is 9.59 Å². The van der Waals surface area contributed by atoms with Gasteiger partial charge in [0.25, 0.3) is 0 Å². The van der Waals surface area contributed by atoms with E-state index in [0.717, 1.165) is 63.5 Å². The summed E-state index contributed by atoms with van der Waals surface area (Å²) >= 11 is 0. The number of piperidine rings is 2. The molecule has 7 nitrogen and oxygen atoms in total. The molecular formula is C19H29N5O2. The number of aromatic nitrogens is 3. The van der Waals surface area contributed by atoms with Crippen LogP contribution in [0.25, 0.3) is 0 Å². The summed E-state index contributed by atoms with van der Waals surface area (Å²) in [7, 11) is 0. The molecule has 1 aromatic heterocycles. The second kappa shape index (κ2) is 7.37. The van der Waals surface area contributed by atoms with Crippen molar-refractivity contribution in [2.45, 2.75) is 63.7 Å². The summed E-state index contributed by atoms with van der Waals surface area (Å²) in [5.41, 5.74) is 0. The van der Waals surface area contributed by atoms with E-state index in [1.165, 1.54) is 12.8 Å². The number of likely N-dealkylation sites (tertiary alicyclic amines) is 2. The zero-order valence-electron chi connectivity index (χ0n) is 15.6. The molecule has 3 heterocycles. The molecule has 4 rings (SSSR count). The Morgan fingerprint density at radius 1 is 0.962 bits per heavy atom. The highest BCUT2D eigenvalue weighted by molar-refractivity contribution is 5.76. The van der Waals surface area contributed by atoms with Crippen LogP contribution >= 0.6 is 0 Å². The van der Waals surface area contributed by atoms with Gasteiger partial charge in [-0.25, -0.2) is 4.98 Å². The van der Waals surface area contributed by atoms with Gasteiger partial charge in [-0.3, -0.25) is 14.7 Å². The topological polar surface area (TPSA) is 82.2 Å². The fraction of sp³-hybridized carbons (Fsp3) is 0.789. The zero-order chi connectivity index (χ0) is 18.1. The highest BCUT2D eigenvalue weighted by atomic mass is 16.2. The molecule has 3 aliphatic rings. The van der Waals surface area contributed by atoms with E-state index in [1.807, 2.05) is 9.80 Å². The third kappa shape index (κ3) is 3.91. The van der Waals surface area contributed by atoms with Gasteiger partial charge in [0.05, 0.1) is 0 Å². The Hall–Kier alpha value is -1.92. The first-order valence-electron chi connectivity index (χ1n) is 10.1. The highest BCUT2D eigenvalue weighted by Crippen LogP contribution is 2.38. The number of H-pyrrole nitrogens is 1. The maximum atomic E-state index is 12.6. The lowest BCUT2D eigenvalue weighted by atomic mass is 9.91. The van der Waals surface area contributed by atoms with E-state index >= 15 is 0 Å². The highest BCUT2D eigenvalue weighted by Gasteiger charge is 2.31. The van der Waals surface area contributed by atoms with E-state index in [4.69, 9.17) is 0 Å². The Kier molecular flexibility index (Phi) is 4.96. The summed E-state index contributed by atoms with van der Waals surface area (Å²) in [4.78, 5) is 32.6. The van der Waals surface area contributed by atoms with Crippen LogP contribution in [0.5, 0.6) is 0 Å². The number of nitrogens with one attached hydrogen (secondary N) is 1.